The topological polar surface area (TPSA) is 12.9 Å². The number of benzene rings is 3. The third-order valence-electron chi connectivity index (χ3n) is 5.56. The zero-order valence-electron chi connectivity index (χ0n) is 15.8. The van der Waals surface area contributed by atoms with Crippen LogP contribution in [-0.4, -0.2) is 4.98 Å². The number of hydrogen-bond acceptors (Lipinski definition) is 1. The number of aromatic nitrogens is 1. The number of rotatable bonds is 2. The van der Waals surface area contributed by atoms with Crippen molar-refractivity contribution in [1.29, 1.82) is 0 Å². The van der Waals surface area contributed by atoms with Gasteiger partial charge in [0.1, 0.15) is 0 Å². The fraction of sp³-hybridized carbons (Fsp3) is 0.0800. The average Bonchev–Trinajstić information content (AvgIpc) is 3.02. The van der Waals surface area contributed by atoms with Crippen molar-refractivity contribution in [3.8, 4) is 0 Å². The van der Waals surface area contributed by atoms with Crippen molar-refractivity contribution in [2.24, 2.45) is 0 Å². The first-order valence-electron chi connectivity index (χ1n) is 9.12. The van der Waals surface area contributed by atoms with Crippen LogP contribution in [0.4, 0.5) is 0 Å². The molecule has 0 fully saturated rings. The molecule has 1 aromatic heterocycles. The predicted octanol–water partition coefficient (Wildman–Crippen LogP) is 0.182. The standard InChI is InChI=1S/C25H18N.2ClH.Cr/c1-17-20(23-12-4-8-18-7-2-3-11-22(18)23)14-15-21(17)24-13-5-9-19-10-6-16-26-25(19)24;;;/h2-16H,1H3;2*1H;/q;;;+2/p-2. The Labute approximate surface area is 191 Å². The van der Waals surface area contributed by atoms with Crippen molar-refractivity contribution >= 4 is 27.2 Å². The summed E-state index contributed by atoms with van der Waals surface area (Å²) in [6.45, 7) is 2.23. The Morgan fingerprint density at radius 3 is 2.34 bits per heavy atom. The molecule has 143 valence electrons. The third kappa shape index (κ3) is 3.41. The first-order valence-corrected chi connectivity index (χ1v) is 9.75. The molecule has 1 heterocycles. The smallest absolute Gasteiger partial charge is 1.00 e. The number of allylic oxidation sites excluding steroid dienone is 4. The Morgan fingerprint density at radius 1 is 0.793 bits per heavy atom. The molecule has 4 aromatic rings. The predicted molar refractivity (Wildman–Crippen MR) is 109 cm³/mol. The van der Waals surface area contributed by atoms with E-state index in [0.717, 1.165) is 5.52 Å². The summed E-state index contributed by atoms with van der Waals surface area (Å²) < 4.78 is -0.278. The molecule has 0 amide bonds. The van der Waals surface area contributed by atoms with Crippen LogP contribution in [-0.2, 0) is 20.6 Å². The second kappa shape index (κ2) is 8.35. The Kier molecular flexibility index (Phi) is 6.22. The van der Waals surface area contributed by atoms with Crippen molar-refractivity contribution in [2.75, 3.05) is 0 Å². The van der Waals surface area contributed by atoms with E-state index in [1.54, 1.807) is 0 Å². The molecule has 0 bridgehead atoms. The van der Waals surface area contributed by atoms with Gasteiger partial charge in [-0.1, -0.05) is 0 Å². The molecule has 1 nitrogen and oxygen atoms in total. The van der Waals surface area contributed by atoms with Crippen molar-refractivity contribution in [3.05, 3.63) is 108 Å². The van der Waals surface area contributed by atoms with Gasteiger partial charge >= 0.3 is 168 Å². The molecule has 4 heteroatoms. The van der Waals surface area contributed by atoms with E-state index < -0.39 is 0 Å². The van der Waals surface area contributed by atoms with Crippen LogP contribution in [0.3, 0.4) is 0 Å². The van der Waals surface area contributed by atoms with E-state index >= 15 is 0 Å². The third-order valence-corrected chi connectivity index (χ3v) is 6.59. The molecule has 1 aliphatic rings. The maximum atomic E-state index is 4.68. The van der Waals surface area contributed by atoms with Gasteiger partial charge < -0.3 is 24.8 Å². The van der Waals surface area contributed by atoms with Crippen LogP contribution in [0.2, 0.25) is 0 Å². The number of nitrogens with zero attached hydrogens (tertiary/aromatic N) is 1. The van der Waals surface area contributed by atoms with Gasteiger partial charge in [0.2, 0.25) is 0 Å². The zero-order valence-corrected chi connectivity index (χ0v) is 18.6. The van der Waals surface area contributed by atoms with Crippen LogP contribution in [0, 0.1) is 0 Å². The summed E-state index contributed by atoms with van der Waals surface area (Å²) in [4.78, 5) is 4.68. The first kappa shape index (κ1) is 21.6. The van der Waals surface area contributed by atoms with E-state index in [-0.39, 0.29) is 29.1 Å². The Morgan fingerprint density at radius 2 is 1.48 bits per heavy atom. The molecule has 0 radical (unpaired) electrons. The molecular weight excluding hydrogens is 437 g/mol. The molecule has 0 N–H and O–H groups in total. The second-order valence-corrected chi connectivity index (χ2v) is 8.02. The van der Waals surface area contributed by atoms with E-state index in [0.29, 0.717) is 0 Å². The fourth-order valence-electron chi connectivity index (χ4n) is 4.10. The minimum absolute atomic E-state index is 0. The van der Waals surface area contributed by atoms with E-state index in [4.69, 9.17) is 0 Å². The molecule has 3 aromatic carbocycles. The van der Waals surface area contributed by atoms with Gasteiger partial charge in [-0.25, -0.2) is 0 Å². The van der Waals surface area contributed by atoms with Gasteiger partial charge in [0.15, 0.2) is 0 Å². The number of hydrogen-bond donors (Lipinski definition) is 0. The maximum absolute atomic E-state index is 4.68. The van der Waals surface area contributed by atoms with Crippen LogP contribution < -0.4 is 24.8 Å². The minimum atomic E-state index is -0.278. The molecule has 1 aliphatic carbocycles. The van der Waals surface area contributed by atoms with E-state index in [1.807, 2.05) is 12.3 Å². The summed E-state index contributed by atoms with van der Waals surface area (Å²) in [7, 11) is 0. The average molecular weight is 455 g/mol. The Bertz CT molecular complexity index is 1250. The minimum Gasteiger partial charge on any atom is -1.00 e. The number of para-hydroxylation sites is 1. The normalized spacial score (nSPS) is 17.9. The molecule has 0 saturated heterocycles. The van der Waals surface area contributed by atoms with Crippen molar-refractivity contribution in [1.82, 2.24) is 4.98 Å². The second-order valence-electron chi connectivity index (χ2n) is 7.02. The summed E-state index contributed by atoms with van der Waals surface area (Å²) >= 11 is 3.47. The van der Waals surface area contributed by atoms with E-state index in [9.17, 15) is 0 Å². The van der Waals surface area contributed by atoms with Gasteiger partial charge in [-0.2, -0.15) is 0 Å². The Hall–Kier alpha value is -2.08. The Balaban J connectivity index is 0.00000120. The van der Waals surface area contributed by atoms with Crippen LogP contribution >= 0.6 is 0 Å². The summed E-state index contributed by atoms with van der Waals surface area (Å²) in [6, 6.07) is 25.7. The zero-order chi connectivity index (χ0) is 18.4. The van der Waals surface area contributed by atoms with Crippen LogP contribution in [0.1, 0.15) is 18.1 Å². The van der Waals surface area contributed by atoms with Gasteiger partial charge in [0.05, 0.1) is 0 Å². The summed E-state index contributed by atoms with van der Waals surface area (Å²) in [5.41, 5.74) is 6.16. The quantitative estimate of drug-likeness (QED) is 0.421. The summed E-state index contributed by atoms with van der Waals surface area (Å²) in [5.74, 6) is 0. The van der Waals surface area contributed by atoms with Crippen LogP contribution in [0.25, 0.3) is 27.2 Å². The molecular formula is C25H18Cl2CrN. The first-order chi connectivity index (χ1) is 13.2. The monoisotopic (exact) mass is 454 g/mol. The molecule has 0 spiro atoms. The number of fused-ring (bicyclic) bond motifs is 2. The summed E-state index contributed by atoms with van der Waals surface area (Å²) in [5, 5.41) is 3.73. The largest absolute Gasteiger partial charge is 1.00 e. The molecule has 0 aliphatic heterocycles. The van der Waals surface area contributed by atoms with Gasteiger partial charge in [-0.05, 0) is 0 Å². The number of pyridine rings is 1. The summed E-state index contributed by atoms with van der Waals surface area (Å²) in [6.07, 6.45) is 6.41. The van der Waals surface area contributed by atoms with Crippen molar-refractivity contribution in [3.63, 3.8) is 0 Å². The van der Waals surface area contributed by atoms with Gasteiger partial charge in [-0.3, -0.25) is 0 Å². The molecule has 1 unspecified atom stereocenters. The molecule has 29 heavy (non-hydrogen) atoms. The van der Waals surface area contributed by atoms with E-state index in [2.05, 4.69) is 107 Å². The van der Waals surface area contributed by atoms with Crippen LogP contribution in [0.5, 0.6) is 0 Å². The SMILES string of the molecule is CC1=C(c2cccc3ccccc23)C=C[C]1([Cr+2])c1cccc2cccnc12.[Cl-].[Cl-]. The van der Waals surface area contributed by atoms with E-state index in [1.165, 1.54) is 38.4 Å². The molecule has 0 saturated carbocycles. The van der Waals surface area contributed by atoms with Crippen molar-refractivity contribution in [2.45, 2.75) is 11.2 Å². The van der Waals surface area contributed by atoms with Gasteiger partial charge in [0, 0.05) is 0 Å². The van der Waals surface area contributed by atoms with Gasteiger partial charge in [0.25, 0.3) is 0 Å². The maximum Gasteiger partial charge on any atom is -1.00 e. The van der Waals surface area contributed by atoms with Crippen LogP contribution in [0.15, 0.2) is 96.7 Å². The van der Waals surface area contributed by atoms with Crippen molar-refractivity contribution < 1.29 is 41.1 Å². The van der Waals surface area contributed by atoms with Gasteiger partial charge in [-0.15, -0.1) is 0 Å². The molecule has 5 rings (SSSR count). The number of halogens is 2. The molecule has 1 atom stereocenters. The fourth-order valence-corrected chi connectivity index (χ4v) is 4.63.